The molecule has 0 radical (unpaired) electrons. The van der Waals surface area contributed by atoms with Crippen LogP contribution in [0.5, 0.6) is 0 Å². The first kappa shape index (κ1) is 12.5. The number of hydrogen-bond donors (Lipinski definition) is 1. The van der Waals surface area contributed by atoms with E-state index >= 15 is 0 Å². The maximum atomic E-state index is 13.4. The molecule has 5 heteroatoms. The van der Waals surface area contributed by atoms with Crippen LogP contribution in [0.3, 0.4) is 0 Å². The fraction of sp³-hybridized carbons (Fsp3) is 0.800. The van der Waals surface area contributed by atoms with Gasteiger partial charge in [-0.1, -0.05) is 25.8 Å². The van der Waals surface area contributed by atoms with Crippen molar-refractivity contribution >= 4 is 0 Å². The molecule has 88 valence electrons. The molecule has 1 fully saturated rings. The van der Waals surface area contributed by atoms with Crippen LogP contribution in [0.25, 0.3) is 0 Å². The molecule has 0 aromatic rings. The van der Waals surface area contributed by atoms with Crippen molar-refractivity contribution in [2.75, 3.05) is 0 Å². The third kappa shape index (κ3) is 1.89. The zero-order valence-electron chi connectivity index (χ0n) is 8.28. The van der Waals surface area contributed by atoms with Gasteiger partial charge in [0.25, 0.3) is 0 Å². The summed E-state index contributed by atoms with van der Waals surface area (Å²) in [5.41, 5.74) is -2.59. The Morgan fingerprint density at radius 1 is 1.07 bits per heavy atom. The second-order valence-electron chi connectivity index (χ2n) is 3.99. The highest BCUT2D eigenvalue weighted by Gasteiger charge is 2.66. The first-order valence-electron chi connectivity index (χ1n) is 4.88. The summed E-state index contributed by atoms with van der Waals surface area (Å²) in [7, 11) is 0. The average Bonchev–Trinajstić information content (AvgIpc) is 2.18. The number of alkyl halides is 4. The quantitative estimate of drug-likeness (QED) is 0.579. The van der Waals surface area contributed by atoms with Gasteiger partial charge in [-0.2, -0.15) is 17.6 Å². The molecule has 1 aliphatic rings. The Morgan fingerprint density at radius 3 is 1.93 bits per heavy atom. The molecule has 1 aliphatic carbocycles. The molecule has 15 heavy (non-hydrogen) atoms. The van der Waals surface area contributed by atoms with Crippen molar-refractivity contribution in [2.45, 2.75) is 49.6 Å². The number of allylic oxidation sites excluding steroid dienone is 1. The van der Waals surface area contributed by atoms with Crippen molar-refractivity contribution < 1.29 is 22.7 Å². The second kappa shape index (κ2) is 3.77. The molecule has 0 bridgehead atoms. The van der Waals surface area contributed by atoms with Gasteiger partial charge in [-0.15, -0.1) is 0 Å². The highest BCUT2D eigenvalue weighted by Crippen LogP contribution is 2.49. The highest BCUT2D eigenvalue weighted by atomic mass is 19.3. The maximum absolute atomic E-state index is 13.4. The maximum Gasteiger partial charge on any atom is 0.341 e. The van der Waals surface area contributed by atoms with E-state index in [-0.39, 0.29) is 18.9 Å². The Hall–Kier alpha value is -0.580. The Kier molecular flexibility index (Phi) is 3.14. The van der Waals surface area contributed by atoms with Crippen molar-refractivity contribution in [3.05, 3.63) is 12.7 Å². The number of rotatable bonds is 3. The van der Waals surface area contributed by atoms with E-state index in [4.69, 9.17) is 0 Å². The van der Waals surface area contributed by atoms with Gasteiger partial charge in [0.15, 0.2) is 0 Å². The Bertz CT molecular complexity index is 244. The van der Waals surface area contributed by atoms with Crippen LogP contribution in [0.2, 0.25) is 0 Å². The highest BCUT2D eigenvalue weighted by molar-refractivity contribution is 5.09. The monoisotopic (exact) mass is 226 g/mol. The van der Waals surface area contributed by atoms with Gasteiger partial charge in [-0.25, -0.2) is 0 Å². The predicted octanol–water partition coefficient (Wildman–Crippen LogP) is 3.14. The van der Waals surface area contributed by atoms with Crippen molar-refractivity contribution in [3.63, 3.8) is 0 Å². The minimum absolute atomic E-state index is 0.0976. The largest absolute Gasteiger partial charge is 0.383 e. The van der Waals surface area contributed by atoms with Crippen LogP contribution < -0.4 is 0 Å². The van der Waals surface area contributed by atoms with Crippen molar-refractivity contribution in [1.29, 1.82) is 0 Å². The van der Waals surface area contributed by atoms with Gasteiger partial charge in [0, 0.05) is 0 Å². The van der Waals surface area contributed by atoms with Gasteiger partial charge in [0.2, 0.25) is 0 Å². The Morgan fingerprint density at radius 2 is 1.53 bits per heavy atom. The third-order valence-electron chi connectivity index (χ3n) is 2.94. The molecule has 0 unspecified atom stereocenters. The summed E-state index contributed by atoms with van der Waals surface area (Å²) in [5, 5.41) is 9.59. The summed E-state index contributed by atoms with van der Waals surface area (Å²) < 4.78 is 52.7. The minimum Gasteiger partial charge on any atom is -0.383 e. The van der Waals surface area contributed by atoms with Crippen LogP contribution in [-0.4, -0.2) is 22.6 Å². The summed E-state index contributed by atoms with van der Waals surface area (Å²) in [5.74, 6) is -8.80. The summed E-state index contributed by atoms with van der Waals surface area (Å²) in [6.07, 6.45) is 0.711. The molecule has 0 aromatic carbocycles. The van der Waals surface area contributed by atoms with Crippen LogP contribution in [0.1, 0.15) is 32.1 Å². The summed E-state index contributed by atoms with van der Waals surface area (Å²) in [6, 6.07) is 0. The number of halogens is 4. The molecule has 0 aromatic heterocycles. The second-order valence-corrected chi connectivity index (χ2v) is 3.99. The molecule has 0 amide bonds. The molecular formula is C10H14F4O. The smallest absolute Gasteiger partial charge is 0.341 e. The van der Waals surface area contributed by atoms with E-state index in [2.05, 4.69) is 6.58 Å². The summed E-state index contributed by atoms with van der Waals surface area (Å²) in [4.78, 5) is 0. The fourth-order valence-electron chi connectivity index (χ4n) is 1.89. The third-order valence-corrected chi connectivity index (χ3v) is 2.94. The van der Waals surface area contributed by atoms with Crippen molar-refractivity contribution in [1.82, 2.24) is 0 Å². The predicted molar refractivity (Wildman–Crippen MR) is 48.1 cm³/mol. The van der Waals surface area contributed by atoms with Gasteiger partial charge in [0.05, 0.1) is 0 Å². The van der Waals surface area contributed by atoms with E-state index in [0.717, 1.165) is 0 Å². The van der Waals surface area contributed by atoms with E-state index in [9.17, 15) is 22.7 Å². The lowest BCUT2D eigenvalue weighted by Crippen LogP contribution is -2.58. The van der Waals surface area contributed by atoms with Crippen molar-refractivity contribution in [3.8, 4) is 0 Å². The molecule has 1 nitrogen and oxygen atoms in total. The van der Waals surface area contributed by atoms with Crippen LogP contribution >= 0.6 is 0 Å². The normalized spacial score (nSPS) is 22.5. The molecule has 1 N–H and O–H groups in total. The van der Waals surface area contributed by atoms with E-state index in [0.29, 0.717) is 19.3 Å². The van der Waals surface area contributed by atoms with E-state index in [1.54, 1.807) is 0 Å². The summed E-state index contributed by atoms with van der Waals surface area (Å²) >= 11 is 0. The molecule has 1 rings (SSSR count). The van der Waals surface area contributed by atoms with Gasteiger partial charge in [-0.3, -0.25) is 0 Å². The lowest BCUT2D eigenvalue weighted by Gasteiger charge is -2.41. The lowest BCUT2D eigenvalue weighted by atomic mass is 9.78. The first-order valence-corrected chi connectivity index (χ1v) is 4.88. The zero-order valence-corrected chi connectivity index (χ0v) is 8.28. The molecule has 0 spiro atoms. The van der Waals surface area contributed by atoms with E-state index < -0.39 is 17.4 Å². The molecule has 0 saturated heterocycles. The van der Waals surface area contributed by atoms with Gasteiger partial charge in [0.1, 0.15) is 5.60 Å². The van der Waals surface area contributed by atoms with E-state index in [1.165, 1.54) is 0 Å². The first-order chi connectivity index (χ1) is 6.77. The standard InChI is InChI=1S/C10H14F4O/c1-2-9(11,12)10(13,14)8(15)6-4-3-5-7-8/h2,15H,1,3-7H2. The molecule has 1 saturated carbocycles. The average molecular weight is 226 g/mol. The zero-order chi connectivity index (χ0) is 11.7. The van der Waals surface area contributed by atoms with Gasteiger partial charge in [-0.05, 0) is 18.9 Å². The van der Waals surface area contributed by atoms with Gasteiger partial charge < -0.3 is 5.11 Å². The van der Waals surface area contributed by atoms with Crippen LogP contribution in [0.4, 0.5) is 17.6 Å². The number of hydrogen-bond acceptors (Lipinski definition) is 1. The van der Waals surface area contributed by atoms with Crippen LogP contribution in [0, 0.1) is 0 Å². The molecule has 0 atom stereocenters. The Balaban J connectivity index is 2.97. The summed E-state index contributed by atoms with van der Waals surface area (Å²) in [6.45, 7) is 2.68. The molecular weight excluding hydrogens is 212 g/mol. The topological polar surface area (TPSA) is 20.2 Å². The molecule has 0 heterocycles. The van der Waals surface area contributed by atoms with Gasteiger partial charge >= 0.3 is 11.8 Å². The van der Waals surface area contributed by atoms with Crippen LogP contribution in [0.15, 0.2) is 12.7 Å². The lowest BCUT2D eigenvalue weighted by molar-refractivity contribution is -0.281. The molecule has 0 aliphatic heterocycles. The minimum atomic E-state index is -4.44. The SMILES string of the molecule is C=CC(F)(F)C(F)(F)C1(O)CCCCC1. The van der Waals surface area contributed by atoms with Crippen molar-refractivity contribution in [2.24, 2.45) is 0 Å². The number of aliphatic hydroxyl groups is 1. The Labute approximate surface area is 85.8 Å². The fourth-order valence-corrected chi connectivity index (χ4v) is 1.89. The van der Waals surface area contributed by atoms with E-state index in [1.807, 2.05) is 0 Å². The van der Waals surface area contributed by atoms with Crippen LogP contribution in [-0.2, 0) is 0 Å².